The van der Waals surface area contributed by atoms with Gasteiger partial charge in [0.2, 0.25) is 0 Å². The molecule has 0 atom stereocenters. The second-order valence-corrected chi connectivity index (χ2v) is 5.19. The molecule has 3 aromatic rings. The van der Waals surface area contributed by atoms with Crippen molar-refractivity contribution in [2.24, 2.45) is 0 Å². The lowest BCUT2D eigenvalue weighted by molar-refractivity contribution is 0.0954. The molecule has 0 aliphatic carbocycles. The maximum absolute atomic E-state index is 12.1. The van der Waals surface area contributed by atoms with Crippen LogP contribution in [0.2, 0.25) is 0 Å². The van der Waals surface area contributed by atoms with E-state index in [4.69, 9.17) is 5.26 Å². The molecular weight excluding hydrogens is 286 g/mol. The first-order chi connectivity index (χ1) is 11.3. The smallest absolute Gasteiger partial charge is 0.251 e. The van der Waals surface area contributed by atoms with Crippen molar-refractivity contribution in [1.29, 1.82) is 5.26 Å². The molecule has 0 spiro atoms. The number of benzene rings is 2. The van der Waals surface area contributed by atoms with Crippen LogP contribution in [0.3, 0.4) is 0 Å². The van der Waals surface area contributed by atoms with Crippen molar-refractivity contribution in [3.8, 4) is 6.07 Å². The molecule has 0 radical (unpaired) electrons. The normalized spacial score (nSPS) is 10.2. The second-order valence-electron chi connectivity index (χ2n) is 5.19. The van der Waals surface area contributed by atoms with E-state index < -0.39 is 0 Å². The van der Waals surface area contributed by atoms with Gasteiger partial charge in [0.1, 0.15) is 0 Å². The number of hydrogen-bond acceptors (Lipinski definition) is 3. The summed E-state index contributed by atoms with van der Waals surface area (Å²) in [6, 6.07) is 18.7. The minimum absolute atomic E-state index is 0.171. The molecule has 0 bridgehead atoms. The summed E-state index contributed by atoms with van der Waals surface area (Å²) in [5.41, 5.74) is 3.06. The molecule has 1 heterocycles. The van der Waals surface area contributed by atoms with Gasteiger partial charge in [-0.1, -0.05) is 30.3 Å². The van der Waals surface area contributed by atoms with Crippen molar-refractivity contribution in [2.45, 2.75) is 6.42 Å². The quantitative estimate of drug-likeness (QED) is 0.805. The number of nitrogens with zero attached hydrogens (tertiary/aromatic N) is 2. The van der Waals surface area contributed by atoms with Crippen LogP contribution in [0.4, 0.5) is 0 Å². The van der Waals surface area contributed by atoms with Gasteiger partial charge in [-0.3, -0.25) is 9.78 Å². The van der Waals surface area contributed by atoms with E-state index >= 15 is 0 Å². The molecule has 4 heteroatoms. The minimum Gasteiger partial charge on any atom is -0.352 e. The van der Waals surface area contributed by atoms with Crippen LogP contribution < -0.4 is 5.32 Å². The molecule has 0 saturated heterocycles. The topological polar surface area (TPSA) is 65.8 Å². The largest absolute Gasteiger partial charge is 0.352 e. The Morgan fingerprint density at radius 1 is 1.13 bits per heavy atom. The number of para-hydroxylation sites is 1. The fraction of sp³-hybridized carbons (Fsp3) is 0.105. The van der Waals surface area contributed by atoms with Crippen LogP contribution in [0.25, 0.3) is 10.9 Å². The number of rotatable bonds is 4. The SMILES string of the molecule is N#Cc1cccc(C(=O)NCCc2cccc3cccnc23)c1. The molecule has 3 rings (SSSR count). The summed E-state index contributed by atoms with van der Waals surface area (Å²) in [6.07, 6.45) is 2.48. The van der Waals surface area contributed by atoms with E-state index in [0.717, 1.165) is 16.5 Å². The van der Waals surface area contributed by atoms with Crippen LogP contribution >= 0.6 is 0 Å². The zero-order valence-electron chi connectivity index (χ0n) is 12.5. The first-order valence-corrected chi connectivity index (χ1v) is 7.39. The molecule has 1 amide bonds. The van der Waals surface area contributed by atoms with Crippen LogP contribution in [0.1, 0.15) is 21.5 Å². The highest BCUT2D eigenvalue weighted by Crippen LogP contribution is 2.16. The Balaban J connectivity index is 1.67. The maximum atomic E-state index is 12.1. The number of aromatic nitrogens is 1. The number of fused-ring (bicyclic) bond motifs is 1. The summed E-state index contributed by atoms with van der Waals surface area (Å²) >= 11 is 0. The highest BCUT2D eigenvalue weighted by Gasteiger charge is 2.07. The molecule has 23 heavy (non-hydrogen) atoms. The fourth-order valence-corrected chi connectivity index (χ4v) is 2.51. The third-order valence-electron chi connectivity index (χ3n) is 3.65. The minimum atomic E-state index is -0.171. The van der Waals surface area contributed by atoms with E-state index in [1.807, 2.05) is 36.4 Å². The molecule has 0 aliphatic heterocycles. The molecule has 0 unspecified atom stereocenters. The van der Waals surface area contributed by atoms with Crippen molar-refractivity contribution in [2.75, 3.05) is 6.54 Å². The third-order valence-corrected chi connectivity index (χ3v) is 3.65. The summed E-state index contributed by atoms with van der Waals surface area (Å²) in [5, 5.41) is 12.9. The highest BCUT2D eigenvalue weighted by molar-refractivity contribution is 5.94. The molecule has 1 N–H and O–H groups in total. The molecule has 0 saturated carbocycles. The van der Waals surface area contributed by atoms with Crippen molar-refractivity contribution in [1.82, 2.24) is 10.3 Å². The van der Waals surface area contributed by atoms with Crippen LogP contribution in [0.15, 0.2) is 60.8 Å². The molecule has 112 valence electrons. The molecule has 0 fully saturated rings. The summed E-state index contributed by atoms with van der Waals surface area (Å²) in [7, 11) is 0. The van der Waals surface area contributed by atoms with Gasteiger partial charge >= 0.3 is 0 Å². The van der Waals surface area contributed by atoms with E-state index in [0.29, 0.717) is 24.1 Å². The molecule has 0 aliphatic rings. The Hall–Kier alpha value is -3.19. The Morgan fingerprint density at radius 3 is 2.83 bits per heavy atom. The Kier molecular flexibility index (Phi) is 4.30. The van der Waals surface area contributed by atoms with Crippen LogP contribution in [-0.2, 0) is 6.42 Å². The number of amides is 1. The van der Waals surface area contributed by atoms with E-state index in [2.05, 4.69) is 10.3 Å². The predicted octanol–water partition coefficient (Wildman–Crippen LogP) is 3.08. The van der Waals surface area contributed by atoms with Gasteiger partial charge in [0.05, 0.1) is 17.1 Å². The molecule has 1 aromatic heterocycles. The van der Waals surface area contributed by atoms with E-state index in [1.54, 1.807) is 30.5 Å². The molecule has 4 nitrogen and oxygen atoms in total. The van der Waals surface area contributed by atoms with Gasteiger partial charge in [0, 0.05) is 23.7 Å². The number of nitrogens with one attached hydrogen (secondary N) is 1. The Labute approximate surface area is 134 Å². The van der Waals surface area contributed by atoms with Crippen LogP contribution in [-0.4, -0.2) is 17.4 Å². The van der Waals surface area contributed by atoms with Crippen LogP contribution in [0.5, 0.6) is 0 Å². The van der Waals surface area contributed by atoms with Gasteiger partial charge in [-0.25, -0.2) is 0 Å². The van der Waals surface area contributed by atoms with Gasteiger partial charge in [0.25, 0.3) is 5.91 Å². The van der Waals surface area contributed by atoms with Crippen molar-refractivity contribution in [3.05, 3.63) is 77.5 Å². The summed E-state index contributed by atoms with van der Waals surface area (Å²) < 4.78 is 0. The van der Waals surface area contributed by atoms with E-state index in [1.165, 1.54) is 0 Å². The zero-order valence-corrected chi connectivity index (χ0v) is 12.5. The average molecular weight is 301 g/mol. The summed E-state index contributed by atoms with van der Waals surface area (Å²) in [4.78, 5) is 16.5. The first kappa shape index (κ1) is 14.7. The number of carbonyl (C=O) groups is 1. The molecule has 2 aromatic carbocycles. The number of pyridine rings is 1. The first-order valence-electron chi connectivity index (χ1n) is 7.39. The predicted molar refractivity (Wildman–Crippen MR) is 88.9 cm³/mol. The van der Waals surface area contributed by atoms with Crippen molar-refractivity contribution >= 4 is 16.8 Å². The lowest BCUT2D eigenvalue weighted by Gasteiger charge is -2.07. The lowest BCUT2D eigenvalue weighted by Crippen LogP contribution is -2.25. The fourth-order valence-electron chi connectivity index (χ4n) is 2.51. The van der Waals surface area contributed by atoms with Gasteiger partial charge in [-0.05, 0) is 36.2 Å². The standard InChI is InChI=1S/C19H15N3O/c20-13-14-4-1-7-17(12-14)19(23)22-11-9-16-6-2-5-15-8-3-10-21-18(15)16/h1-8,10,12H,9,11H2,(H,22,23). The van der Waals surface area contributed by atoms with Gasteiger partial charge in [-0.2, -0.15) is 5.26 Å². The molecular formula is C19H15N3O. The van der Waals surface area contributed by atoms with Gasteiger partial charge in [-0.15, -0.1) is 0 Å². The van der Waals surface area contributed by atoms with Crippen molar-refractivity contribution < 1.29 is 4.79 Å². The van der Waals surface area contributed by atoms with Crippen molar-refractivity contribution in [3.63, 3.8) is 0 Å². The monoisotopic (exact) mass is 301 g/mol. The van der Waals surface area contributed by atoms with Gasteiger partial charge < -0.3 is 5.32 Å². The third kappa shape index (κ3) is 3.35. The zero-order chi connectivity index (χ0) is 16.1. The number of hydrogen-bond donors (Lipinski definition) is 1. The Bertz CT molecular complexity index is 891. The Morgan fingerprint density at radius 2 is 1.96 bits per heavy atom. The summed E-state index contributed by atoms with van der Waals surface area (Å²) in [6.45, 7) is 0.519. The van der Waals surface area contributed by atoms with Crippen LogP contribution in [0, 0.1) is 11.3 Å². The van der Waals surface area contributed by atoms with Gasteiger partial charge in [0.15, 0.2) is 0 Å². The number of carbonyl (C=O) groups excluding carboxylic acids is 1. The lowest BCUT2D eigenvalue weighted by atomic mass is 10.1. The average Bonchev–Trinajstić information content (AvgIpc) is 2.62. The van der Waals surface area contributed by atoms with E-state index in [9.17, 15) is 4.79 Å². The maximum Gasteiger partial charge on any atom is 0.251 e. The highest BCUT2D eigenvalue weighted by atomic mass is 16.1. The summed E-state index contributed by atoms with van der Waals surface area (Å²) in [5.74, 6) is -0.171. The number of nitriles is 1. The second kappa shape index (κ2) is 6.71. The van der Waals surface area contributed by atoms with E-state index in [-0.39, 0.29) is 5.91 Å².